The summed E-state index contributed by atoms with van der Waals surface area (Å²) in [4.78, 5) is 38.5. The van der Waals surface area contributed by atoms with E-state index in [1.165, 1.54) is 6.92 Å². The van der Waals surface area contributed by atoms with Crippen molar-refractivity contribution in [2.45, 2.75) is 447 Å². The number of Topliss-reactive ketones (excluding diaryl/α,β-unsaturated/α-hetero) is 3. The molecular weight excluding hydrogens is 1980 g/mol. The van der Waals surface area contributed by atoms with Crippen LogP contribution in [0.2, 0.25) is 0 Å². The fraction of sp³-hybridized carbons (Fsp3) is 0.966. The highest BCUT2D eigenvalue weighted by atomic mass is 19.1. The highest BCUT2D eigenvalue weighted by molar-refractivity contribution is 5.84. The third-order valence-corrected chi connectivity index (χ3v) is 29.6. The van der Waals surface area contributed by atoms with Crippen molar-refractivity contribution in [3.8, 4) is 0 Å². The van der Waals surface area contributed by atoms with Crippen molar-refractivity contribution in [3.05, 3.63) is 0 Å². The number of carbonyl (C=O) groups is 3. The second-order valence-electron chi connectivity index (χ2n) is 40.0. The van der Waals surface area contributed by atoms with Gasteiger partial charge in [-0.3, -0.25) is 14.4 Å². The monoisotopic (exact) mass is 2140 g/mol. The van der Waals surface area contributed by atoms with Crippen LogP contribution in [0.4, 0.5) is 4.39 Å². The molecule has 0 aromatic carbocycles. The van der Waals surface area contributed by atoms with Crippen LogP contribution in [-0.4, -0.2) is 543 Å². The fourth-order valence-electron chi connectivity index (χ4n) is 20.4. The molecule has 0 spiro atoms. The topological polar surface area (TPSA) is 1070 Å². The number of aliphatic hydroxyl groups excluding tert-OH is 23. The van der Waals surface area contributed by atoms with Crippen molar-refractivity contribution >= 4 is 17.3 Å². The number of halogens is 1. The Labute approximate surface area is 845 Å². The number of aliphatic hydroxyl groups is 23. The van der Waals surface area contributed by atoms with Gasteiger partial charge in [0.15, 0.2) is 74.0 Å². The van der Waals surface area contributed by atoms with Gasteiger partial charge in [-0.1, -0.05) is 20.8 Å². The molecule has 60 atom stereocenters. The average Bonchev–Trinajstić information content (AvgIpc) is 1.75. The molecule has 60 heteroatoms. The molecule has 9 aliphatic heterocycles. The van der Waals surface area contributed by atoms with Gasteiger partial charge in [-0.15, -0.1) is 0 Å². The number of ketones is 3. The van der Waals surface area contributed by atoms with Gasteiger partial charge in [0.25, 0.3) is 0 Å². The molecule has 3 saturated carbocycles. The summed E-state index contributed by atoms with van der Waals surface area (Å²) < 4.78 is 120. The van der Waals surface area contributed by atoms with Crippen molar-refractivity contribution in [1.82, 2.24) is 0 Å². The van der Waals surface area contributed by atoms with Crippen LogP contribution in [-0.2, 0) is 99.6 Å². The lowest BCUT2D eigenvalue weighted by atomic mass is 9.76. The minimum Gasteiger partial charge on any atom is -0.394 e. The molecule has 147 heavy (non-hydrogen) atoms. The highest BCUT2D eigenvalue weighted by Crippen LogP contribution is 2.44. The van der Waals surface area contributed by atoms with E-state index in [0.29, 0.717) is 0 Å². The fourth-order valence-corrected chi connectivity index (χ4v) is 20.4. The second kappa shape index (κ2) is 56.7. The standard InChI is InChI=1S/C29H54FN5O14.2C29H55N5O15/c1-2-10(30)20(40)14(38)4-9-3-11(33)24(47-27-12(34)5-13(37)15(6-31)44-27)26(19(9)39)49-29-23(43)25(17(8-36)46-29)48-28-18(35)22(42)21(41)16(7-32)45-28;2*1-2-12(36)20(40)14(38)4-9-3-10(32)24(47-27-11(33)5-13(37)15(6-30)44-27)26(19(9)39)49-29-23(43)25(17(8-35)46-29)48-28-18(34)22(42)21(41)16(7-31)45-28/h9-13,15-29,36-37,39-43H,2-8,31-35H2,1H3;2*9-13,15-29,35-37,39-43H,2-8,30-34H2,1H3/t9-,10+,11-,12+,13-,15+,16-,17+,18+,19-,20-,21+,22+,23+,24+,25+,26+,27+,28+,29-;9-,10-,11+,12+,13-,15+,16-,17+,18+,19-,20-,21+,22+,23+,24+,25+,26+,27+,28+,29-;9-,10-,11+,12-,13-,15+,16-,17+,18+,19-,20-,21+,22+,23+,24+,25+,26+,27+,28+,29-/m000/s1. The Kier molecular flexibility index (Phi) is 48.4. The molecule has 12 fully saturated rings. The summed E-state index contributed by atoms with van der Waals surface area (Å²) in [6.07, 6.45) is -66.2. The van der Waals surface area contributed by atoms with Crippen molar-refractivity contribution < 1.29 is 221 Å². The predicted octanol–water partition coefficient (Wildman–Crippen LogP) is -21.5. The quantitative estimate of drug-likeness (QED) is 0.0270. The number of hydrogen-bond acceptors (Lipinski definition) is 59. The van der Waals surface area contributed by atoms with Crippen molar-refractivity contribution in [2.24, 2.45) is 104 Å². The van der Waals surface area contributed by atoms with E-state index in [2.05, 4.69) is 0 Å². The summed E-state index contributed by atoms with van der Waals surface area (Å²) in [7, 11) is 0. The minimum absolute atomic E-state index is 0.0102. The summed E-state index contributed by atoms with van der Waals surface area (Å²) in [6, 6.07) is -9.29. The molecule has 3 aliphatic carbocycles. The SMILES string of the molecule is CC[C@@H](F)[C@H](O)C(=O)C[C@@H]1C[C@H](N)[C@@H](O[C@H]2O[C@H](CN)[C@@H](O)C[C@H]2N)[C@H](O[C@@H]2O[C@H](CO)[C@@H](O[C@H]3O[C@@H](CN)[C@@H](O)[C@H](O)[C@H]3N)[C@H]2O)[C@H]1O.CC[C@@H](O)[C@H](O)C(=O)C[C@@H]1C[C@H](N)[C@@H](O[C@H]2O[C@H](CN)[C@@H](O)C[C@H]2N)[C@H](O[C@@H]2O[C@H](CO)[C@@H](O[C@H]3O[C@@H](CN)[C@@H](O)[C@H](O)[C@H]3N)[C@H]2O)[C@H]1O.CC[C@H](O)[C@H](O)C(=O)C[C@@H]1C[C@H](N)[C@@H](O[C@H]2O[C@H](CN)[C@@H](O)C[C@H]2N)[C@H](O[C@@H]2O[C@H](CO)[C@@H](O[C@H]3O[C@@H](CN)[C@@H](O)[C@H](O)[C@H]3N)[C@H]2O)[C@H]1O. The number of alkyl halides is 1. The van der Waals surface area contributed by atoms with Gasteiger partial charge in [-0.25, -0.2) is 4.39 Å². The maximum absolute atomic E-state index is 14.1. The van der Waals surface area contributed by atoms with E-state index in [1.807, 2.05) is 0 Å². The zero-order valence-electron chi connectivity index (χ0n) is 81.9. The Morgan fingerprint density at radius 1 is 0.265 bits per heavy atom. The molecule has 0 bridgehead atoms. The van der Waals surface area contributed by atoms with Gasteiger partial charge in [-0.05, 0) is 75.5 Å². The maximum atomic E-state index is 14.1. The molecule has 59 nitrogen and oxygen atoms in total. The molecule has 53 N–H and O–H groups in total. The summed E-state index contributed by atoms with van der Waals surface area (Å²) in [5.74, 6) is -5.14. The zero-order chi connectivity index (χ0) is 109. The summed E-state index contributed by atoms with van der Waals surface area (Å²) in [6.45, 7) is 1.81. The minimum atomic E-state index is -1.93. The van der Waals surface area contributed by atoms with E-state index >= 15 is 0 Å². The first-order valence-corrected chi connectivity index (χ1v) is 49.9. The van der Waals surface area contributed by atoms with Crippen LogP contribution < -0.4 is 86.0 Å². The lowest BCUT2D eigenvalue weighted by Crippen LogP contribution is -2.64. The molecule has 9 heterocycles. The van der Waals surface area contributed by atoms with Crippen LogP contribution in [0.15, 0.2) is 0 Å². The molecule has 12 rings (SSSR count). The largest absolute Gasteiger partial charge is 0.394 e. The smallest absolute Gasteiger partial charge is 0.187 e. The Morgan fingerprint density at radius 2 is 0.483 bits per heavy atom. The van der Waals surface area contributed by atoms with Gasteiger partial charge in [0.1, 0.15) is 171 Å². The second-order valence-corrected chi connectivity index (χ2v) is 40.0. The third-order valence-electron chi connectivity index (χ3n) is 29.6. The molecule has 0 amide bonds. The summed E-state index contributed by atoms with van der Waals surface area (Å²) in [5, 5.41) is 242. The van der Waals surface area contributed by atoms with Gasteiger partial charge in [0.2, 0.25) is 0 Å². The third kappa shape index (κ3) is 29.6. The Bertz CT molecular complexity index is 3540. The highest BCUT2D eigenvalue weighted by Gasteiger charge is 2.61. The number of ether oxygens (including phenoxy) is 18. The van der Waals surface area contributed by atoms with Gasteiger partial charge in [-0.2, -0.15) is 0 Å². The Hall–Kier alpha value is -3.30. The van der Waals surface area contributed by atoms with Crippen LogP contribution in [0.1, 0.15) is 97.8 Å². The van der Waals surface area contributed by atoms with Gasteiger partial charge in [0.05, 0.1) is 123 Å². The van der Waals surface area contributed by atoms with Crippen LogP contribution >= 0.6 is 0 Å². The Balaban J connectivity index is 0.000000226. The predicted molar refractivity (Wildman–Crippen MR) is 492 cm³/mol. The van der Waals surface area contributed by atoms with Crippen LogP contribution in [0.25, 0.3) is 0 Å². The van der Waals surface area contributed by atoms with Gasteiger partial charge in [0, 0.05) is 76.7 Å². The van der Waals surface area contributed by atoms with Crippen molar-refractivity contribution in [3.63, 3.8) is 0 Å². The first-order valence-electron chi connectivity index (χ1n) is 49.9. The maximum Gasteiger partial charge on any atom is 0.187 e. The molecule has 858 valence electrons. The van der Waals surface area contributed by atoms with Crippen LogP contribution in [0, 0.1) is 17.8 Å². The number of nitrogens with two attached hydrogens (primary N) is 15. The van der Waals surface area contributed by atoms with E-state index in [4.69, 9.17) is 171 Å². The molecule has 0 aromatic heterocycles. The summed E-state index contributed by atoms with van der Waals surface area (Å²) >= 11 is 0. The molecule has 0 radical (unpaired) electrons. The van der Waals surface area contributed by atoms with E-state index in [1.54, 1.807) is 13.8 Å². The lowest BCUT2D eigenvalue weighted by Gasteiger charge is -2.47. The first kappa shape index (κ1) is 125. The van der Waals surface area contributed by atoms with Crippen molar-refractivity contribution in [2.75, 3.05) is 59.1 Å². The average molecular weight is 2140 g/mol. The van der Waals surface area contributed by atoms with E-state index in [0.717, 1.165) is 0 Å². The van der Waals surface area contributed by atoms with Crippen LogP contribution in [0.3, 0.4) is 0 Å². The Morgan fingerprint density at radius 3 is 0.707 bits per heavy atom. The number of rotatable bonds is 42. The molecule has 0 aromatic rings. The van der Waals surface area contributed by atoms with Crippen LogP contribution in [0.5, 0.6) is 0 Å². The lowest BCUT2D eigenvalue weighted by molar-refractivity contribution is -0.299. The van der Waals surface area contributed by atoms with Crippen molar-refractivity contribution in [1.29, 1.82) is 0 Å². The molecule has 9 saturated heterocycles. The number of hydrogen-bond donors (Lipinski definition) is 38. The molecule has 12 aliphatic rings. The van der Waals surface area contributed by atoms with Gasteiger partial charge >= 0.3 is 0 Å². The number of carbonyl (C=O) groups excluding carboxylic acids is 3. The van der Waals surface area contributed by atoms with E-state index < -0.39 is 423 Å². The first-order chi connectivity index (χ1) is 69.5. The van der Waals surface area contributed by atoms with E-state index in [-0.39, 0.29) is 97.1 Å². The normalized spacial score (nSPS) is 47.6. The zero-order valence-corrected chi connectivity index (χ0v) is 81.9. The molecular formula is C87H164FN15O44. The molecule has 0 unspecified atom stereocenters. The van der Waals surface area contributed by atoms with Gasteiger partial charge < -0.3 is 289 Å². The van der Waals surface area contributed by atoms with E-state index in [9.17, 15) is 136 Å². The summed E-state index contributed by atoms with van der Waals surface area (Å²) in [5.41, 5.74) is 90.4.